The molecule has 2 heteroatoms. The van der Waals surface area contributed by atoms with Gasteiger partial charge in [-0.25, -0.2) is 0 Å². The van der Waals surface area contributed by atoms with Gasteiger partial charge in [0.05, 0.1) is 0 Å². The maximum atomic E-state index is 11.3. The summed E-state index contributed by atoms with van der Waals surface area (Å²) in [6.45, 7) is 0. The molecule has 0 amide bonds. The molecule has 2 fully saturated rings. The Balaban J connectivity index is 2.23. The molecular formula is C9H14O2. The fourth-order valence-corrected chi connectivity index (χ4v) is 2.50. The van der Waals surface area contributed by atoms with Crippen molar-refractivity contribution < 1.29 is 9.90 Å². The number of hydrogen-bond donors (Lipinski definition) is 1. The van der Waals surface area contributed by atoms with Crippen molar-refractivity contribution in [2.75, 3.05) is 0 Å². The SMILES string of the molecule is O=C1CCC2CCCC[C@]12O. The Morgan fingerprint density at radius 2 is 2.18 bits per heavy atom. The molecule has 11 heavy (non-hydrogen) atoms. The van der Waals surface area contributed by atoms with Crippen LogP contribution in [0.25, 0.3) is 0 Å². The van der Waals surface area contributed by atoms with Gasteiger partial charge < -0.3 is 5.11 Å². The van der Waals surface area contributed by atoms with Crippen LogP contribution in [0.2, 0.25) is 0 Å². The molecule has 0 aromatic rings. The van der Waals surface area contributed by atoms with Crippen molar-refractivity contribution in [2.24, 2.45) is 5.92 Å². The third kappa shape index (κ3) is 0.924. The maximum Gasteiger partial charge on any atom is 0.164 e. The summed E-state index contributed by atoms with van der Waals surface area (Å²) in [4.78, 5) is 11.3. The lowest BCUT2D eigenvalue weighted by molar-refractivity contribution is -0.139. The van der Waals surface area contributed by atoms with Crippen LogP contribution < -0.4 is 0 Å². The minimum atomic E-state index is -0.891. The monoisotopic (exact) mass is 154 g/mol. The van der Waals surface area contributed by atoms with E-state index in [0.717, 1.165) is 25.7 Å². The standard InChI is InChI=1S/C9H14O2/c10-8-5-4-7-3-1-2-6-9(7,8)11/h7,11H,1-6H2/t7?,9-/m1/s1. The molecular weight excluding hydrogens is 140 g/mol. The van der Waals surface area contributed by atoms with Gasteiger partial charge in [-0.1, -0.05) is 12.8 Å². The second-order valence-electron chi connectivity index (χ2n) is 3.83. The van der Waals surface area contributed by atoms with Gasteiger partial charge in [0.25, 0.3) is 0 Å². The molecule has 2 nitrogen and oxygen atoms in total. The number of carbonyl (C=O) groups excluding carboxylic acids is 1. The molecule has 1 unspecified atom stereocenters. The first kappa shape index (κ1) is 7.29. The summed E-state index contributed by atoms with van der Waals surface area (Å²) < 4.78 is 0. The van der Waals surface area contributed by atoms with Gasteiger partial charge in [-0.2, -0.15) is 0 Å². The molecule has 2 aliphatic carbocycles. The molecule has 2 atom stereocenters. The summed E-state index contributed by atoms with van der Waals surface area (Å²) >= 11 is 0. The summed E-state index contributed by atoms with van der Waals surface area (Å²) in [6.07, 6.45) is 5.54. The zero-order valence-electron chi connectivity index (χ0n) is 6.68. The van der Waals surface area contributed by atoms with Gasteiger partial charge in [0.15, 0.2) is 5.78 Å². The minimum absolute atomic E-state index is 0.0993. The lowest BCUT2D eigenvalue weighted by Crippen LogP contribution is -2.42. The van der Waals surface area contributed by atoms with Crippen molar-refractivity contribution >= 4 is 5.78 Å². The van der Waals surface area contributed by atoms with Crippen LogP contribution in [0.5, 0.6) is 0 Å². The van der Waals surface area contributed by atoms with E-state index in [9.17, 15) is 9.90 Å². The summed E-state index contributed by atoms with van der Waals surface area (Å²) in [5, 5.41) is 9.93. The quantitative estimate of drug-likeness (QED) is 0.570. The normalized spacial score (nSPS) is 44.1. The van der Waals surface area contributed by atoms with Crippen molar-refractivity contribution in [3.05, 3.63) is 0 Å². The Labute approximate surface area is 66.6 Å². The largest absolute Gasteiger partial charge is 0.382 e. The third-order valence-corrected chi connectivity index (χ3v) is 3.24. The second-order valence-corrected chi connectivity index (χ2v) is 3.83. The van der Waals surface area contributed by atoms with Gasteiger partial charge in [-0.3, -0.25) is 4.79 Å². The fraction of sp³-hybridized carbons (Fsp3) is 0.889. The van der Waals surface area contributed by atoms with Crippen molar-refractivity contribution in [1.82, 2.24) is 0 Å². The van der Waals surface area contributed by atoms with Crippen LogP contribution in [0, 0.1) is 5.92 Å². The number of ketones is 1. The second kappa shape index (κ2) is 2.31. The highest BCUT2D eigenvalue weighted by atomic mass is 16.3. The van der Waals surface area contributed by atoms with E-state index in [-0.39, 0.29) is 5.78 Å². The van der Waals surface area contributed by atoms with E-state index in [1.54, 1.807) is 0 Å². The summed E-state index contributed by atoms with van der Waals surface area (Å²) in [7, 11) is 0. The molecule has 0 radical (unpaired) electrons. The number of rotatable bonds is 0. The van der Waals surface area contributed by atoms with Crippen LogP contribution in [0.15, 0.2) is 0 Å². The Morgan fingerprint density at radius 3 is 2.91 bits per heavy atom. The number of Topliss-reactive ketones (excluding diaryl/α,β-unsaturated/α-hetero) is 1. The van der Waals surface area contributed by atoms with Crippen LogP contribution in [-0.2, 0) is 4.79 Å². The Hall–Kier alpha value is -0.370. The predicted octanol–water partition coefficient (Wildman–Crippen LogP) is 1.27. The summed E-state index contributed by atoms with van der Waals surface area (Å²) in [5.41, 5.74) is -0.891. The topological polar surface area (TPSA) is 37.3 Å². The highest BCUT2D eigenvalue weighted by molar-refractivity contribution is 5.89. The highest BCUT2D eigenvalue weighted by Crippen LogP contribution is 2.43. The van der Waals surface area contributed by atoms with Crippen LogP contribution in [0.1, 0.15) is 38.5 Å². The first-order valence-corrected chi connectivity index (χ1v) is 4.49. The molecule has 0 spiro atoms. The highest BCUT2D eigenvalue weighted by Gasteiger charge is 2.48. The number of fused-ring (bicyclic) bond motifs is 1. The number of hydrogen-bond acceptors (Lipinski definition) is 2. The van der Waals surface area contributed by atoms with E-state index < -0.39 is 5.60 Å². The molecule has 0 saturated heterocycles. The Morgan fingerprint density at radius 1 is 1.36 bits per heavy atom. The first-order chi connectivity index (χ1) is 5.23. The first-order valence-electron chi connectivity index (χ1n) is 4.49. The van der Waals surface area contributed by atoms with E-state index in [4.69, 9.17) is 0 Å². The molecule has 2 saturated carbocycles. The summed E-state index contributed by atoms with van der Waals surface area (Å²) in [5.74, 6) is 0.394. The summed E-state index contributed by atoms with van der Waals surface area (Å²) in [6, 6.07) is 0. The van der Waals surface area contributed by atoms with Crippen molar-refractivity contribution in [2.45, 2.75) is 44.1 Å². The van der Waals surface area contributed by atoms with E-state index in [0.29, 0.717) is 12.3 Å². The van der Waals surface area contributed by atoms with E-state index >= 15 is 0 Å². The molecule has 62 valence electrons. The average Bonchev–Trinajstić information content (AvgIpc) is 2.29. The smallest absolute Gasteiger partial charge is 0.164 e. The van der Waals surface area contributed by atoms with Crippen LogP contribution >= 0.6 is 0 Å². The van der Waals surface area contributed by atoms with Crippen molar-refractivity contribution in [1.29, 1.82) is 0 Å². The van der Waals surface area contributed by atoms with Crippen molar-refractivity contribution in [3.63, 3.8) is 0 Å². The molecule has 0 aromatic heterocycles. The van der Waals surface area contributed by atoms with E-state index in [2.05, 4.69) is 0 Å². The third-order valence-electron chi connectivity index (χ3n) is 3.24. The molecule has 2 aliphatic rings. The molecule has 0 heterocycles. The molecule has 2 rings (SSSR count). The molecule has 0 bridgehead atoms. The van der Waals surface area contributed by atoms with E-state index in [1.165, 1.54) is 6.42 Å². The number of aliphatic hydroxyl groups is 1. The van der Waals surface area contributed by atoms with Gasteiger partial charge >= 0.3 is 0 Å². The predicted molar refractivity (Wildman–Crippen MR) is 41.1 cm³/mol. The zero-order valence-corrected chi connectivity index (χ0v) is 6.68. The van der Waals surface area contributed by atoms with E-state index in [1.807, 2.05) is 0 Å². The van der Waals surface area contributed by atoms with Crippen LogP contribution in [0.4, 0.5) is 0 Å². The van der Waals surface area contributed by atoms with Gasteiger partial charge in [0.2, 0.25) is 0 Å². The lowest BCUT2D eigenvalue weighted by atomic mass is 9.77. The minimum Gasteiger partial charge on any atom is -0.382 e. The van der Waals surface area contributed by atoms with Gasteiger partial charge in [-0.15, -0.1) is 0 Å². The van der Waals surface area contributed by atoms with Gasteiger partial charge in [-0.05, 0) is 25.2 Å². The lowest BCUT2D eigenvalue weighted by Gasteiger charge is -2.32. The van der Waals surface area contributed by atoms with Gasteiger partial charge in [0.1, 0.15) is 5.60 Å². The fourth-order valence-electron chi connectivity index (χ4n) is 2.50. The van der Waals surface area contributed by atoms with Crippen LogP contribution in [0.3, 0.4) is 0 Å². The Bertz CT molecular complexity index is 188. The Kier molecular flexibility index (Phi) is 1.53. The molecule has 1 N–H and O–H groups in total. The molecule has 0 aromatic carbocycles. The maximum absolute atomic E-state index is 11.3. The molecule has 0 aliphatic heterocycles. The van der Waals surface area contributed by atoms with Crippen molar-refractivity contribution in [3.8, 4) is 0 Å². The average molecular weight is 154 g/mol. The number of carbonyl (C=O) groups is 1. The van der Waals surface area contributed by atoms with Crippen LogP contribution in [-0.4, -0.2) is 16.5 Å². The zero-order chi connectivity index (χ0) is 7.90. The van der Waals surface area contributed by atoms with Gasteiger partial charge in [0, 0.05) is 6.42 Å².